The van der Waals surface area contributed by atoms with Gasteiger partial charge in [-0.1, -0.05) is 17.7 Å². The standard InChI is InChI=1S/C21H21F2N3O3/c1-13-4-7-19(15(3)10-13)28-12-26-9-8-18(25-26)20(27)24-17-6-5-16(11-14(17)2)29-21(22)23/h4-11,21H,12H2,1-3H3,(H,24,27). The molecular weight excluding hydrogens is 380 g/mol. The van der Waals surface area contributed by atoms with E-state index < -0.39 is 12.5 Å². The van der Waals surface area contributed by atoms with Crippen LogP contribution in [-0.4, -0.2) is 22.3 Å². The van der Waals surface area contributed by atoms with Gasteiger partial charge in [0.2, 0.25) is 0 Å². The predicted molar refractivity (Wildman–Crippen MR) is 105 cm³/mol. The molecule has 3 aromatic rings. The molecule has 3 rings (SSSR count). The Kier molecular flexibility index (Phi) is 6.11. The summed E-state index contributed by atoms with van der Waals surface area (Å²) in [7, 11) is 0. The van der Waals surface area contributed by atoms with Crippen LogP contribution < -0.4 is 14.8 Å². The molecule has 0 unspecified atom stereocenters. The number of carbonyl (C=O) groups excluding carboxylic acids is 1. The molecule has 0 aliphatic rings. The molecule has 6 nitrogen and oxygen atoms in total. The van der Waals surface area contributed by atoms with Crippen LogP contribution in [0.25, 0.3) is 0 Å². The number of rotatable bonds is 7. The van der Waals surface area contributed by atoms with Crippen LogP contribution in [0.15, 0.2) is 48.7 Å². The van der Waals surface area contributed by atoms with E-state index in [4.69, 9.17) is 4.74 Å². The van der Waals surface area contributed by atoms with Gasteiger partial charge in [0.05, 0.1) is 0 Å². The number of benzene rings is 2. The maximum Gasteiger partial charge on any atom is 0.387 e. The summed E-state index contributed by atoms with van der Waals surface area (Å²) in [4.78, 5) is 12.4. The van der Waals surface area contributed by atoms with Gasteiger partial charge in [0.1, 0.15) is 11.5 Å². The highest BCUT2D eigenvalue weighted by Gasteiger charge is 2.13. The van der Waals surface area contributed by atoms with E-state index in [9.17, 15) is 13.6 Å². The maximum atomic E-state index is 12.4. The first kappa shape index (κ1) is 20.3. The van der Waals surface area contributed by atoms with Gasteiger partial charge in [-0.15, -0.1) is 0 Å². The Labute approximate surface area is 167 Å². The maximum absolute atomic E-state index is 12.4. The number of halogens is 2. The van der Waals surface area contributed by atoms with Gasteiger partial charge < -0.3 is 14.8 Å². The number of nitrogens with zero attached hydrogens (tertiary/aromatic N) is 2. The number of alkyl halides is 2. The molecule has 1 amide bonds. The molecule has 0 aliphatic heterocycles. The zero-order valence-electron chi connectivity index (χ0n) is 16.3. The molecule has 29 heavy (non-hydrogen) atoms. The SMILES string of the molecule is Cc1ccc(OCn2ccc(C(=O)Nc3ccc(OC(F)F)cc3C)n2)c(C)c1. The summed E-state index contributed by atoms with van der Waals surface area (Å²) < 4.78 is 36.2. The van der Waals surface area contributed by atoms with Crippen LogP contribution in [0.2, 0.25) is 0 Å². The van der Waals surface area contributed by atoms with Gasteiger partial charge in [-0.25, -0.2) is 4.68 Å². The van der Waals surface area contributed by atoms with Crippen molar-refractivity contribution in [3.8, 4) is 11.5 Å². The molecule has 0 fully saturated rings. The van der Waals surface area contributed by atoms with Crippen molar-refractivity contribution < 1.29 is 23.0 Å². The van der Waals surface area contributed by atoms with Crippen molar-refractivity contribution in [1.29, 1.82) is 0 Å². The van der Waals surface area contributed by atoms with Gasteiger partial charge >= 0.3 is 6.61 Å². The Bertz CT molecular complexity index is 1020. The van der Waals surface area contributed by atoms with E-state index in [2.05, 4.69) is 15.2 Å². The lowest BCUT2D eigenvalue weighted by atomic mass is 10.1. The lowest BCUT2D eigenvalue weighted by molar-refractivity contribution is -0.0498. The highest BCUT2D eigenvalue weighted by Crippen LogP contribution is 2.23. The quantitative estimate of drug-likeness (QED) is 0.623. The summed E-state index contributed by atoms with van der Waals surface area (Å²) in [6.45, 7) is 2.92. The molecule has 1 heterocycles. The molecule has 0 radical (unpaired) electrons. The summed E-state index contributed by atoms with van der Waals surface area (Å²) in [5.74, 6) is 0.364. The van der Waals surface area contributed by atoms with Gasteiger partial charge in [-0.3, -0.25) is 4.79 Å². The van der Waals surface area contributed by atoms with Crippen LogP contribution in [0, 0.1) is 20.8 Å². The third-order valence-electron chi connectivity index (χ3n) is 4.23. The first-order chi connectivity index (χ1) is 13.8. The van der Waals surface area contributed by atoms with Crippen LogP contribution in [0.5, 0.6) is 11.5 Å². The van der Waals surface area contributed by atoms with E-state index in [-0.39, 0.29) is 18.2 Å². The van der Waals surface area contributed by atoms with Crippen molar-refractivity contribution in [2.45, 2.75) is 34.1 Å². The molecule has 0 atom stereocenters. The van der Waals surface area contributed by atoms with Gasteiger partial charge in [0, 0.05) is 11.9 Å². The van der Waals surface area contributed by atoms with E-state index in [0.29, 0.717) is 11.3 Å². The van der Waals surface area contributed by atoms with Gasteiger partial charge in [-0.05, 0) is 62.2 Å². The van der Waals surface area contributed by atoms with Gasteiger partial charge in [0.25, 0.3) is 5.91 Å². The van der Waals surface area contributed by atoms with E-state index in [0.717, 1.165) is 16.9 Å². The molecular formula is C21H21F2N3O3. The minimum atomic E-state index is -2.90. The van der Waals surface area contributed by atoms with Gasteiger partial charge in [0.15, 0.2) is 12.4 Å². The number of ether oxygens (including phenoxy) is 2. The summed E-state index contributed by atoms with van der Waals surface area (Å²) >= 11 is 0. The second kappa shape index (κ2) is 8.72. The minimum absolute atomic E-state index is 0.0309. The Morgan fingerprint density at radius 1 is 1.10 bits per heavy atom. The monoisotopic (exact) mass is 401 g/mol. The number of carbonyl (C=O) groups is 1. The lowest BCUT2D eigenvalue weighted by Crippen LogP contribution is -2.15. The fourth-order valence-electron chi connectivity index (χ4n) is 2.79. The van der Waals surface area contributed by atoms with Crippen molar-refractivity contribution in [3.05, 3.63) is 71.0 Å². The summed E-state index contributed by atoms with van der Waals surface area (Å²) in [5.41, 5.74) is 3.45. The smallest absolute Gasteiger partial charge is 0.387 e. The topological polar surface area (TPSA) is 65.4 Å². The number of nitrogens with one attached hydrogen (secondary N) is 1. The van der Waals surface area contributed by atoms with E-state index in [1.54, 1.807) is 19.2 Å². The van der Waals surface area contributed by atoms with Crippen LogP contribution in [0.3, 0.4) is 0 Å². The Morgan fingerprint density at radius 2 is 1.90 bits per heavy atom. The molecule has 1 aromatic heterocycles. The molecule has 8 heteroatoms. The minimum Gasteiger partial charge on any atom is -0.471 e. The molecule has 0 spiro atoms. The van der Waals surface area contributed by atoms with Crippen molar-refractivity contribution in [1.82, 2.24) is 9.78 Å². The molecule has 1 N–H and O–H groups in total. The van der Waals surface area contributed by atoms with Crippen molar-refractivity contribution in [2.24, 2.45) is 0 Å². The average molecular weight is 401 g/mol. The first-order valence-electron chi connectivity index (χ1n) is 8.92. The third kappa shape index (κ3) is 5.31. The molecule has 2 aromatic carbocycles. The number of hydrogen-bond donors (Lipinski definition) is 1. The fraction of sp³-hybridized carbons (Fsp3) is 0.238. The number of amides is 1. The lowest BCUT2D eigenvalue weighted by Gasteiger charge is -2.10. The highest BCUT2D eigenvalue weighted by molar-refractivity contribution is 6.03. The number of hydrogen-bond acceptors (Lipinski definition) is 4. The largest absolute Gasteiger partial charge is 0.471 e. The zero-order valence-corrected chi connectivity index (χ0v) is 16.3. The highest BCUT2D eigenvalue weighted by atomic mass is 19.3. The summed E-state index contributed by atoms with van der Waals surface area (Å²) in [6.07, 6.45) is 1.64. The van der Waals surface area contributed by atoms with Crippen molar-refractivity contribution >= 4 is 11.6 Å². The second-order valence-corrected chi connectivity index (χ2v) is 6.59. The molecule has 0 bridgehead atoms. The second-order valence-electron chi connectivity index (χ2n) is 6.59. The van der Waals surface area contributed by atoms with Crippen LogP contribution in [-0.2, 0) is 6.73 Å². The molecule has 0 saturated heterocycles. The number of aromatic nitrogens is 2. The Morgan fingerprint density at radius 3 is 2.59 bits per heavy atom. The molecule has 152 valence electrons. The van der Waals surface area contributed by atoms with E-state index >= 15 is 0 Å². The van der Waals surface area contributed by atoms with E-state index in [1.807, 2.05) is 32.0 Å². The zero-order chi connectivity index (χ0) is 21.0. The van der Waals surface area contributed by atoms with Crippen LogP contribution in [0.4, 0.5) is 14.5 Å². The predicted octanol–water partition coefficient (Wildman–Crippen LogP) is 4.70. The van der Waals surface area contributed by atoms with E-state index in [1.165, 1.54) is 22.9 Å². The van der Waals surface area contributed by atoms with Crippen molar-refractivity contribution in [2.75, 3.05) is 5.32 Å². The summed E-state index contributed by atoms with van der Waals surface area (Å²) in [6, 6.07) is 11.8. The van der Waals surface area contributed by atoms with Gasteiger partial charge in [-0.2, -0.15) is 13.9 Å². The average Bonchev–Trinajstić information content (AvgIpc) is 3.12. The number of aryl methyl sites for hydroxylation is 3. The van der Waals surface area contributed by atoms with Crippen molar-refractivity contribution in [3.63, 3.8) is 0 Å². The van der Waals surface area contributed by atoms with Crippen LogP contribution in [0.1, 0.15) is 27.2 Å². The Balaban J connectivity index is 1.62. The third-order valence-corrected chi connectivity index (χ3v) is 4.23. The fourth-order valence-corrected chi connectivity index (χ4v) is 2.79. The number of anilines is 1. The Hall–Kier alpha value is -3.42. The molecule has 0 saturated carbocycles. The normalized spacial score (nSPS) is 10.8. The van der Waals surface area contributed by atoms with Crippen LogP contribution >= 0.6 is 0 Å². The molecule has 0 aliphatic carbocycles. The summed E-state index contributed by atoms with van der Waals surface area (Å²) in [5, 5.41) is 6.92. The first-order valence-corrected chi connectivity index (χ1v) is 8.92.